The largest absolute Gasteiger partial charge is 0.496 e. The molecule has 2 aromatic rings. The van der Waals surface area contributed by atoms with E-state index in [2.05, 4.69) is 17.4 Å². The number of hydrogen-bond donors (Lipinski definition) is 1. The van der Waals surface area contributed by atoms with Crippen molar-refractivity contribution in [2.24, 2.45) is 0 Å². The zero-order valence-corrected chi connectivity index (χ0v) is 11.5. The highest BCUT2D eigenvalue weighted by Gasteiger charge is 2.31. The number of halogens is 1. The second-order valence-corrected chi connectivity index (χ2v) is 5.26. The van der Waals surface area contributed by atoms with Crippen LogP contribution in [0, 0.1) is 5.82 Å². The molecule has 0 spiro atoms. The molecule has 0 amide bonds. The second kappa shape index (κ2) is 5.53. The highest BCUT2D eigenvalue weighted by Crippen LogP contribution is 2.42. The van der Waals surface area contributed by atoms with Crippen LogP contribution in [0.15, 0.2) is 48.5 Å². The molecule has 3 heteroatoms. The molecular weight excluding hydrogens is 253 g/mol. The van der Waals surface area contributed by atoms with Gasteiger partial charge in [-0.2, -0.15) is 0 Å². The number of ether oxygens (including phenoxy) is 1. The summed E-state index contributed by atoms with van der Waals surface area (Å²) in [5.41, 5.74) is 2.27. The van der Waals surface area contributed by atoms with Gasteiger partial charge in [0, 0.05) is 11.7 Å². The zero-order valence-electron chi connectivity index (χ0n) is 11.5. The molecule has 0 aliphatic heterocycles. The number of para-hydroxylation sites is 1. The molecular formula is C17H18FNO. The number of anilines is 1. The Morgan fingerprint density at radius 1 is 1.05 bits per heavy atom. The van der Waals surface area contributed by atoms with Crippen LogP contribution in [0.1, 0.15) is 24.3 Å². The standard InChI is InChI=1S/C17H18FNO/c1-20-17-5-3-2-4-16(17)12-10-15(11-12)19-14-8-6-13(18)7-9-14/h2-9,12,15,19H,10-11H2,1H3. The molecule has 0 saturated heterocycles. The van der Waals surface area contributed by atoms with E-state index in [0.29, 0.717) is 12.0 Å². The highest BCUT2D eigenvalue weighted by atomic mass is 19.1. The molecule has 1 N–H and O–H groups in total. The van der Waals surface area contributed by atoms with Crippen LogP contribution in [0.4, 0.5) is 10.1 Å². The van der Waals surface area contributed by atoms with Crippen LogP contribution in [-0.2, 0) is 0 Å². The van der Waals surface area contributed by atoms with E-state index in [1.165, 1.54) is 17.7 Å². The smallest absolute Gasteiger partial charge is 0.123 e. The van der Waals surface area contributed by atoms with E-state index < -0.39 is 0 Å². The molecule has 0 heterocycles. The summed E-state index contributed by atoms with van der Waals surface area (Å²) in [7, 11) is 1.71. The molecule has 0 radical (unpaired) electrons. The molecule has 3 rings (SSSR count). The Morgan fingerprint density at radius 2 is 1.75 bits per heavy atom. The van der Waals surface area contributed by atoms with Gasteiger partial charge in [-0.25, -0.2) is 4.39 Å². The number of rotatable bonds is 4. The Labute approximate surface area is 118 Å². The molecule has 0 bridgehead atoms. The summed E-state index contributed by atoms with van der Waals surface area (Å²) in [5.74, 6) is 1.32. The minimum atomic E-state index is -0.198. The summed E-state index contributed by atoms with van der Waals surface area (Å²) >= 11 is 0. The summed E-state index contributed by atoms with van der Waals surface area (Å²) < 4.78 is 18.3. The fourth-order valence-electron chi connectivity index (χ4n) is 2.78. The molecule has 2 nitrogen and oxygen atoms in total. The van der Waals surface area contributed by atoms with Crippen LogP contribution in [0.3, 0.4) is 0 Å². The number of hydrogen-bond acceptors (Lipinski definition) is 2. The number of benzene rings is 2. The number of nitrogens with one attached hydrogen (secondary N) is 1. The third kappa shape index (κ3) is 2.62. The first-order chi connectivity index (χ1) is 9.76. The van der Waals surface area contributed by atoms with E-state index in [-0.39, 0.29) is 5.82 Å². The Balaban J connectivity index is 1.60. The summed E-state index contributed by atoms with van der Waals surface area (Å²) in [6.07, 6.45) is 2.16. The van der Waals surface area contributed by atoms with Gasteiger partial charge >= 0.3 is 0 Å². The molecule has 0 aromatic heterocycles. The van der Waals surface area contributed by atoms with Crippen LogP contribution in [0.2, 0.25) is 0 Å². The maximum Gasteiger partial charge on any atom is 0.123 e. The van der Waals surface area contributed by atoms with E-state index >= 15 is 0 Å². The summed E-state index contributed by atoms with van der Waals surface area (Å²) in [5, 5.41) is 3.44. The monoisotopic (exact) mass is 271 g/mol. The topological polar surface area (TPSA) is 21.3 Å². The third-order valence-electron chi connectivity index (χ3n) is 3.93. The Hall–Kier alpha value is -2.03. The first-order valence-electron chi connectivity index (χ1n) is 6.91. The zero-order chi connectivity index (χ0) is 13.9. The second-order valence-electron chi connectivity index (χ2n) is 5.26. The fraction of sp³-hybridized carbons (Fsp3) is 0.294. The molecule has 104 valence electrons. The first-order valence-corrected chi connectivity index (χ1v) is 6.91. The summed E-state index contributed by atoms with van der Waals surface area (Å²) in [6, 6.07) is 15.2. The van der Waals surface area contributed by atoms with E-state index in [1.807, 2.05) is 12.1 Å². The van der Waals surface area contributed by atoms with Gasteiger partial charge in [0.15, 0.2) is 0 Å². The lowest BCUT2D eigenvalue weighted by Crippen LogP contribution is -2.34. The van der Waals surface area contributed by atoms with Crippen molar-refractivity contribution < 1.29 is 9.13 Å². The van der Waals surface area contributed by atoms with E-state index in [1.54, 1.807) is 19.2 Å². The van der Waals surface area contributed by atoms with Crippen molar-refractivity contribution >= 4 is 5.69 Å². The molecule has 1 saturated carbocycles. The Morgan fingerprint density at radius 3 is 2.45 bits per heavy atom. The van der Waals surface area contributed by atoms with Crippen molar-refractivity contribution in [2.75, 3.05) is 12.4 Å². The van der Waals surface area contributed by atoms with Gasteiger partial charge in [0.2, 0.25) is 0 Å². The first kappa shape index (κ1) is 13.0. The fourth-order valence-corrected chi connectivity index (χ4v) is 2.78. The van der Waals surface area contributed by atoms with Crippen molar-refractivity contribution in [1.29, 1.82) is 0 Å². The molecule has 1 aliphatic carbocycles. The minimum absolute atomic E-state index is 0.198. The normalized spacial score (nSPS) is 21.1. The molecule has 0 unspecified atom stereocenters. The Kier molecular flexibility index (Phi) is 3.59. The maximum atomic E-state index is 12.8. The number of methoxy groups -OCH3 is 1. The third-order valence-corrected chi connectivity index (χ3v) is 3.93. The van der Waals surface area contributed by atoms with Crippen molar-refractivity contribution in [1.82, 2.24) is 0 Å². The van der Waals surface area contributed by atoms with E-state index in [9.17, 15) is 4.39 Å². The Bertz CT molecular complexity index is 576. The van der Waals surface area contributed by atoms with Gasteiger partial charge in [-0.15, -0.1) is 0 Å². The van der Waals surface area contributed by atoms with E-state index in [0.717, 1.165) is 24.3 Å². The van der Waals surface area contributed by atoms with Gasteiger partial charge in [-0.1, -0.05) is 18.2 Å². The van der Waals surface area contributed by atoms with Crippen LogP contribution in [0.5, 0.6) is 5.75 Å². The van der Waals surface area contributed by atoms with Gasteiger partial charge in [0.05, 0.1) is 7.11 Å². The van der Waals surface area contributed by atoms with Gasteiger partial charge in [0.1, 0.15) is 11.6 Å². The van der Waals surface area contributed by atoms with Gasteiger partial charge in [-0.05, 0) is 54.7 Å². The molecule has 1 fully saturated rings. The highest BCUT2D eigenvalue weighted by molar-refractivity contribution is 5.46. The summed E-state index contributed by atoms with van der Waals surface area (Å²) in [6.45, 7) is 0. The SMILES string of the molecule is COc1ccccc1C1CC(Nc2ccc(F)cc2)C1. The minimum Gasteiger partial charge on any atom is -0.496 e. The molecule has 2 aromatic carbocycles. The lowest BCUT2D eigenvalue weighted by molar-refractivity contribution is 0.350. The van der Waals surface area contributed by atoms with Crippen LogP contribution in [0.25, 0.3) is 0 Å². The van der Waals surface area contributed by atoms with Gasteiger partial charge < -0.3 is 10.1 Å². The average Bonchev–Trinajstić information content (AvgIpc) is 2.44. The molecule has 20 heavy (non-hydrogen) atoms. The van der Waals surface area contributed by atoms with Gasteiger partial charge in [-0.3, -0.25) is 0 Å². The lowest BCUT2D eigenvalue weighted by atomic mass is 9.75. The van der Waals surface area contributed by atoms with Crippen LogP contribution >= 0.6 is 0 Å². The van der Waals surface area contributed by atoms with Crippen molar-refractivity contribution in [3.8, 4) is 5.75 Å². The van der Waals surface area contributed by atoms with Crippen molar-refractivity contribution in [2.45, 2.75) is 24.8 Å². The maximum absolute atomic E-state index is 12.8. The molecule has 1 aliphatic rings. The average molecular weight is 271 g/mol. The van der Waals surface area contributed by atoms with E-state index in [4.69, 9.17) is 4.74 Å². The van der Waals surface area contributed by atoms with Crippen molar-refractivity contribution in [3.63, 3.8) is 0 Å². The van der Waals surface area contributed by atoms with Crippen molar-refractivity contribution in [3.05, 3.63) is 59.9 Å². The van der Waals surface area contributed by atoms with Crippen LogP contribution < -0.4 is 10.1 Å². The predicted octanol–water partition coefficient (Wildman–Crippen LogP) is 4.19. The summed E-state index contributed by atoms with van der Waals surface area (Å²) in [4.78, 5) is 0. The molecule has 0 atom stereocenters. The predicted molar refractivity (Wildman–Crippen MR) is 78.8 cm³/mol. The quantitative estimate of drug-likeness (QED) is 0.900. The lowest BCUT2D eigenvalue weighted by Gasteiger charge is -2.37. The van der Waals surface area contributed by atoms with Gasteiger partial charge in [0.25, 0.3) is 0 Å². The van der Waals surface area contributed by atoms with Crippen LogP contribution in [-0.4, -0.2) is 13.2 Å².